The Morgan fingerprint density at radius 1 is 1.24 bits per heavy atom. The van der Waals surface area contributed by atoms with Gasteiger partial charge in [-0.05, 0) is 42.9 Å². The average Bonchev–Trinajstić information content (AvgIpc) is 3.14. The molecule has 0 heterocycles. The number of amides is 1. The number of benzene rings is 1. The molecule has 0 bridgehead atoms. The molecule has 0 radical (unpaired) electrons. The maximum atomic E-state index is 12.3. The van der Waals surface area contributed by atoms with Crippen molar-refractivity contribution in [3.63, 3.8) is 0 Å². The van der Waals surface area contributed by atoms with E-state index < -0.39 is 10.0 Å². The van der Waals surface area contributed by atoms with Gasteiger partial charge in [0.1, 0.15) is 0 Å². The number of nitrogens with two attached hydrogens (primary N) is 1. The molecule has 2 aliphatic rings. The largest absolute Gasteiger partial charge is 0.325 e. The summed E-state index contributed by atoms with van der Waals surface area (Å²) in [4.78, 5) is 12.2. The highest BCUT2D eigenvalue weighted by molar-refractivity contribution is 7.89. The van der Waals surface area contributed by atoms with Crippen molar-refractivity contribution in [2.45, 2.75) is 30.6 Å². The molecular formula is C14H17ClN2O3S. The minimum absolute atomic E-state index is 0.0165. The molecule has 0 saturated heterocycles. The van der Waals surface area contributed by atoms with Crippen LogP contribution < -0.4 is 10.5 Å². The number of primary sulfonamides is 1. The standard InChI is InChI=1S/C14H17ClN2O3S/c15-11-7-8(21(16,19)20)5-6-12(11)17-14(18)13-9-3-1-2-4-10(9)13/h5-7,9-10,13H,1-4H2,(H,17,18)(H2,16,19,20). The first-order chi connectivity index (χ1) is 9.88. The van der Waals surface area contributed by atoms with Crippen LogP contribution in [0.3, 0.4) is 0 Å². The van der Waals surface area contributed by atoms with Gasteiger partial charge in [-0.1, -0.05) is 24.4 Å². The third kappa shape index (κ3) is 2.93. The molecule has 1 amide bonds. The van der Waals surface area contributed by atoms with Gasteiger partial charge in [-0.2, -0.15) is 0 Å². The topological polar surface area (TPSA) is 89.3 Å². The fourth-order valence-electron chi connectivity index (χ4n) is 3.37. The van der Waals surface area contributed by atoms with Crippen molar-refractivity contribution < 1.29 is 13.2 Å². The van der Waals surface area contributed by atoms with Crippen LogP contribution in [0.15, 0.2) is 23.1 Å². The first-order valence-corrected chi connectivity index (χ1v) is 8.93. The molecule has 0 spiro atoms. The molecule has 2 aliphatic carbocycles. The highest BCUT2D eigenvalue weighted by Gasteiger charge is 2.54. The van der Waals surface area contributed by atoms with Gasteiger partial charge < -0.3 is 5.32 Å². The van der Waals surface area contributed by atoms with Crippen LogP contribution in [0.1, 0.15) is 25.7 Å². The van der Waals surface area contributed by atoms with Crippen molar-refractivity contribution in [1.29, 1.82) is 0 Å². The first kappa shape index (κ1) is 14.8. The molecule has 21 heavy (non-hydrogen) atoms. The van der Waals surface area contributed by atoms with E-state index in [4.69, 9.17) is 16.7 Å². The molecule has 1 aromatic carbocycles. The summed E-state index contributed by atoms with van der Waals surface area (Å²) < 4.78 is 22.5. The van der Waals surface area contributed by atoms with E-state index in [0.717, 1.165) is 12.8 Å². The minimum Gasteiger partial charge on any atom is -0.325 e. The maximum absolute atomic E-state index is 12.3. The number of anilines is 1. The zero-order valence-corrected chi connectivity index (χ0v) is 13.0. The summed E-state index contributed by atoms with van der Waals surface area (Å²) in [5, 5.41) is 8.02. The van der Waals surface area contributed by atoms with Crippen molar-refractivity contribution in [1.82, 2.24) is 0 Å². The van der Waals surface area contributed by atoms with E-state index in [2.05, 4.69) is 5.32 Å². The Morgan fingerprint density at radius 2 is 1.86 bits per heavy atom. The second kappa shape index (κ2) is 5.26. The van der Waals surface area contributed by atoms with E-state index in [0.29, 0.717) is 17.5 Å². The Bertz CT molecular complexity index is 677. The van der Waals surface area contributed by atoms with Crippen molar-refractivity contribution >= 4 is 33.2 Å². The number of carbonyl (C=O) groups excluding carboxylic acids is 1. The molecule has 2 atom stereocenters. The van der Waals surface area contributed by atoms with E-state index in [-0.39, 0.29) is 21.7 Å². The number of nitrogens with one attached hydrogen (secondary N) is 1. The van der Waals surface area contributed by atoms with E-state index in [9.17, 15) is 13.2 Å². The van der Waals surface area contributed by atoms with Crippen LogP contribution >= 0.6 is 11.6 Å². The molecule has 2 fully saturated rings. The second-order valence-electron chi connectivity index (χ2n) is 5.81. The van der Waals surface area contributed by atoms with E-state index >= 15 is 0 Å². The van der Waals surface area contributed by atoms with Crippen molar-refractivity contribution in [2.24, 2.45) is 22.9 Å². The lowest BCUT2D eigenvalue weighted by molar-refractivity contribution is -0.117. The third-order valence-corrected chi connectivity index (χ3v) is 5.71. The van der Waals surface area contributed by atoms with Crippen LogP contribution in [0.4, 0.5) is 5.69 Å². The molecule has 2 saturated carbocycles. The molecule has 0 aromatic heterocycles. The van der Waals surface area contributed by atoms with Crippen LogP contribution in [0.2, 0.25) is 5.02 Å². The average molecular weight is 329 g/mol. The van der Waals surface area contributed by atoms with Gasteiger partial charge >= 0.3 is 0 Å². The molecule has 114 valence electrons. The van der Waals surface area contributed by atoms with Gasteiger partial charge in [0.25, 0.3) is 0 Å². The summed E-state index contributed by atoms with van der Waals surface area (Å²) in [5.74, 6) is 1.10. The normalized spacial score (nSPS) is 27.8. The molecular weight excluding hydrogens is 312 g/mol. The Morgan fingerprint density at radius 3 is 2.38 bits per heavy atom. The van der Waals surface area contributed by atoms with Crippen LogP contribution in [0.25, 0.3) is 0 Å². The minimum atomic E-state index is -3.79. The molecule has 3 rings (SSSR count). The number of sulfonamides is 1. The fraction of sp³-hybridized carbons (Fsp3) is 0.500. The smallest absolute Gasteiger partial charge is 0.238 e. The quantitative estimate of drug-likeness (QED) is 0.892. The number of hydrogen-bond acceptors (Lipinski definition) is 3. The van der Waals surface area contributed by atoms with Gasteiger partial charge in [0.15, 0.2) is 0 Å². The summed E-state index contributed by atoms with van der Waals surface area (Å²) in [5.41, 5.74) is 0.428. The van der Waals surface area contributed by atoms with Gasteiger partial charge in [0.2, 0.25) is 15.9 Å². The molecule has 0 aliphatic heterocycles. The van der Waals surface area contributed by atoms with E-state index in [1.807, 2.05) is 0 Å². The van der Waals surface area contributed by atoms with Gasteiger partial charge in [0, 0.05) is 5.92 Å². The van der Waals surface area contributed by atoms with Crippen LogP contribution in [0, 0.1) is 17.8 Å². The molecule has 1 aromatic rings. The van der Waals surface area contributed by atoms with Crippen LogP contribution in [-0.2, 0) is 14.8 Å². The van der Waals surface area contributed by atoms with Crippen molar-refractivity contribution in [2.75, 3.05) is 5.32 Å². The van der Waals surface area contributed by atoms with Gasteiger partial charge in [-0.25, -0.2) is 13.6 Å². The lowest BCUT2D eigenvalue weighted by atomic mass is 10.0. The Labute approximate surface area is 128 Å². The first-order valence-electron chi connectivity index (χ1n) is 7.01. The van der Waals surface area contributed by atoms with Gasteiger partial charge in [-0.3, -0.25) is 4.79 Å². The predicted molar refractivity (Wildman–Crippen MR) is 80.4 cm³/mol. The number of rotatable bonds is 3. The number of carbonyl (C=O) groups is 1. The van der Waals surface area contributed by atoms with E-state index in [1.54, 1.807) is 0 Å². The number of hydrogen-bond donors (Lipinski definition) is 2. The van der Waals surface area contributed by atoms with Crippen molar-refractivity contribution in [3.8, 4) is 0 Å². The van der Waals surface area contributed by atoms with Crippen LogP contribution in [0.5, 0.6) is 0 Å². The monoisotopic (exact) mass is 328 g/mol. The highest BCUT2D eigenvalue weighted by atomic mass is 35.5. The summed E-state index contributed by atoms with van der Waals surface area (Å²) in [6.45, 7) is 0. The summed E-state index contributed by atoms with van der Waals surface area (Å²) >= 11 is 6.02. The Hall–Kier alpha value is -1.11. The molecule has 5 nitrogen and oxygen atoms in total. The Balaban J connectivity index is 1.72. The third-order valence-electron chi connectivity index (χ3n) is 4.49. The molecule has 7 heteroatoms. The fourth-order valence-corrected chi connectivity index (χ4v) is 4.20. The number of fused-ring (bicyclic) bond motifs is 1. The maximum Gasteiger partial charge on any atom is 0.238 e. The molecule has 2 unspecified atom stereocenters. The lowest BCUT2D eigenvalue weighted by Gasteiger charge is -2.08. The van der Waals surface area contributed by atoms with Crippen molar-refractivity contribution in [3.05, 3.63) is 23.2 Å². The summed E-state index contributed by atoms with van der Waals surface area (Å²) in [7, 11) is -3.79. The van der Waals surface area contributed by atoms with Gasteiger partial charge in [-0.15, -0.1) is 0 Å². The summed E-state index contributed by atoms with van der Waals surface area (Å²) in [6, 6.07) is 4.08. The molecule has 3 N–H and O–H groups in total. The second-order valence-corrected chi connectivity index (χ2v) is 7.78. The SMILES string of the molecule is NS(=O)(=O)c1ccc(NC(=O)C2C3CCCCC32)c(Cl)c1. The number of halogens is 1. The van der Waals surface area contributed by atoms with Gasteiger partial charge in [0.05, 0.1) is 15.6 Å². The predicted octanol–water partition coefficient (Wildman–Crippen LogP) is 2.36. The van der Waals surface area contributed by atoms with Crippen LogP contribution in [-0.4, -0.2) is 14.3 Å². The zero-order chi connectivity index (χ0) is 15.2. The zero-order valence-electron chi connectivity index (χ0n) is 11.4. The highest BCUT2D eigenvalue weighted by Crippen LogP contribution is 2.55. The van der Waals surface area contributed by atoms with E-state index in [1.165, 1.54) is 31.0 Å². The lowest BCUT2D eigenvalue weighted by Crippen LogP contribution is -2.16. The Kier molecular flexibility index (Phi) is 3.71. The summed E-state index contributed by atoms with van der Waals surface area (Å²) in [6.07, 6.45) is 4.66.